The number of rotatable bonds is 6. The zero-order valence-electron chi connectivity index (χ0n) is 11.8. The third-order valence-electron chi connectivity index (χ3n) is 3.07. The number of ether oxygens (including phenoxy) is 1. The highest BCUT2D eigenvalue weighted by Crippen LogP contribution is 2.26. The molecule has 1 unspecified atom stereocenters. The van der Waals surface area contributed by atoms with Crippen molar-refractivity contribution in [3.8, 4) is 5.75 Å². The van der Waals surface area contributed by atoms with Crippen molar-refractivity contribution in [2.45, 2.75) is 32.9 Å². The Morgan fingerprint density at radius 3 is 2.85 bits per heavy atom. The third-order valence-corrected chi connectivity index (χ3v) is 3.69. The largest absolute Gasteiger partial charge is 0.491 e. The number of halogens is 1. The van der Waals surface area contributed by atoms with Gasteiger partial charge in [0, 0.05) is 18.4 Å². The Morgan fingerprint density at radius 2 is 2.25 bits per heavy atom. The summed E-state index contributed by atoms with van der Waals surface area (Å²) < 4.78 is 8.84. The van der Waals surface area contributed by atoms with Crippen LogP contribution < -0.4 is 10.5 Å². The first-order valence-corrected chi connectivity index (χ1v) is 7.50. The predicted molar refractivity (Wildman–Crippen MR) is 84.0 cm³/mol. The smallest absolute Gasteiger partial charge is 0.133 e. The Balaban J connectivity index is 1.91. The normalized spacial score (nSPS) is 12.4. The molecule has 1 atom stereocenters. The molecule has 2 aromatic rings. The highest BCUT2D eigenvalue weighted by atomic mass is 79.9. The van der Waals surface area contributed by atoms with Gasteiger partial charge in [-0.15, -0.1) is 0 Å². The monoisotopic (exact) mass is 337 g/mol. The molecule has 0 aliphatic heterocycles. The molecule has 0 radical (unpaired) electrons. The molecule has 0 bridgehead atoms. The molecule has 5 heteroatoms. The van der Waals surface area contributed by atoms with Crippen molar-refractivity contribution in [3.05, 3.63) is 46.5 Å². The number of nitrogens with two attached hydrogens (primary N) is 1. The molecule has 0 saturated carbocycles. The third kappa shape index (κ3) is 4.08. The Bertz CT molecular complexity index is 566. The number of hydrogen-bond donors (Lipinski definition) is 1. The van der Waals surface area contributed by atoms with Gasteiger partial charge in [-0.2, -0.15) is 0 Å². The van der Waals surface area contributed by atoms with Crippen LogP contribution in [0.5, 0.6) is 5.75 Å². The van der Waals surface area contributed by atoms with Crippen molar-refractivity contribution in [1.82, 2.24) is 9.55 Å². The van der Waals surface area contributed by atoms with Gasteiger partial charge in [-0.05, 0) is 53.9 Å². The maximum absolute atomic E-state index is 5.81. The van der Waals surface area contributed by atoms with Gasteiger partial charge in [0.05, 0.1) is 11.0 Å². The number of aromatic nitrogens is 2. The van der Waals surface area contributed by atoms with E-state index in [1.165, 1.54) is 5.56 Å². The molecular weight excluding hydrogens is 318 g/mol. The first-order chi connectivity index (χ1) is 9.56. The fourth-order valence-electron chi connectivity index (χ4n) is 2.05. The van der Waals surface area contributed by atoms with Crippen LogP contribution in [-0.2, 0) is 13.0 Å². The Morgan fingerprint density at radius 1 is 1.45 bits per heavy atom. The lowest BCUT2D eigenvalue weighted by atomic mass is 10.1. The van der Waals surface area contributed by atoms with Crippen LogP contribution in [0.2, 0.25) is 0 Å². The molecule has 1 aromatic heterocycles. The predicted octanol–water partition coefficient (Wildman–Crippen LogP) is 2.92. The molecule has 1 heterocycles. The minimum absolute atomic E-state index is 0.165. The van der Waals surface area contributed by atoms with Gasteiger partial charge < -0.3 is 15.0 Å². The average molecular weight is 338 g/mol. The van der Waals surface area contributed by atoms with Crippen molar-refractivity contribution in [2.24, 2.45) is 5.73 Å². The van der Waals surface area contributed by atoms with Crippen LogP contribution >= 0.6 is 15.9 Å². The van der Waals surface area contributed by atoms with Crippen LogP contribution in [0.3, 0.4) is 0 Å². The second-order valence-corrected chi connectivity index (χ2v) is 5.82. The summed E-state index contributed by atoms with van der Waals surface area (Å²) in [7, 11) is 0. The highest BCUT2D eigenvalue weighted by molar-refractivity contribution is 9.10. The van der Waals surface area contributed by atoms with Crippen molar-refractivity contribution in [1.29, 1.82) is 0 Å². The number of benzene rings is 1. The number of aryl methyl sites for hydroxylation is 1. The van der Waals surface area contributed by atoms with Gasteiger partial charge in [0.25, 0.3) is 0 Å². The molecule has 20 heavy (non-hydrogen) atoms. The molecule has 0 fully saturated rings. The van der Waals surface area contributed by atoms with E-state index in [-0.39, 0.29) is 6.04 Å². The summed E-state index contributed by atoms with van der Waals surface area (Å²) in [6.07, 6.45) is 4.63. The summed E-state index contributed by atoms with van der Waals surface area (Å²) in [4.78, 5) is 4.19. The van der Waals surface area contributed by atoms with Gasteiger partial charge in [0.1, 0.15) is 18.2 Å². The summed E-state index contributed by atoms with van der Waals surface area (Å²) in [5, 5.41) is 0. The highest BCUT2D eigenvalue weighted by Gasteiger charge is 2.05. The molecule has 0 aliphatic carbocycles. The molecule has 2 rings (SSSR count). The van der Waals surface area contributed by atoms with Crippen molar-refractivity contribution in [2.75, 3.05) is 6.61 Å². The fourth-order valence-corrected chi connectivity index (χ4v) is 2.59. The summed E-state index contributed by atoms with van der Waals surface area (Å²) in [5.41, 5.74) is 7.02. The zero-order valence-corrected chi connectivity index (χ0v) is 13.4. The van der Waals surface area contributed by atoms with Crippen LogP contribution in [0, 0.1) is 6.92 Å². The van der Waals surface area contributed by atoms with Gasteiger partial charge in [-0.25, -0.2) is 4.98 Å². The second-order valence-electron chi connectivity index (χ2n) is 4.96. The quantitative estimate of drug-likeness (QED) is 0.881. The Hall–Kier alpha value is -1.33. The maximum Gasteiger partial charge on any atom is 0.133 e. The first kappa shape index (κ1) is 15.1. The Labute approximate surface area is 128 Å². The second kappa shape index (κ2) is 6.90. The number of nitrogens with zero attached hydrogens (tertiary/aromatic N) is 2. The van der Waals surface area contributed by atoms with E-state index in [1.807, 2.05) is 26.1 Å². The van der Waals surface area contributed by atoms with E-state index < -0.39 is 0 Å². The van der Waals surface area contributed by atoms with Crippen LogP contribution in [0.1, 0.15) is 18.3 Å². The molecule has 4 nitrogen and oxygen atoms in total. The standard InChI is InChI=1S/C15H20BrN3O/c1-11(17)9-13-3-4-15(14(16)10-13)20-8-7-19-6-5-18-12(19)2/h3-6,10-11H,7-9,17H2,1-2H3. The molecule has 0 spiro atoms. The lowest BCUT2D eigenvalue weighted by molar-refractivity contribution is 0.295. The van der Waals surface area contributed by atoms with Crippen LogP contribution in [0.15, 0.2) is 35.1 Å². The van der Waals surface area contributed by atoms with Gasteiger partial charge in [0.2, 0.25) is 0 Å². The topological polar surface area (TPSA) is 53.1 Å². The lowest BCUT2D eigenvalue weighted by Crippen LogP contribution is -2.17. The van der Waals surface area contributed by atoms with Crippen LogP contribution in [0.4, 0.5) is 0 Å². The number of hydrogen-bond acceptors (Lipinski definition) is 3. The van der Waals surface area contributed by atoms with Gasteiger partial charge >= 0.3 is 0 Å². The summed E-state index contributed by atoms with van der Waals surface area (Å²) in [6, 6.07) is 6.29. The SMILES string of the molecule is Cc1nccn1CCOc1ccc(CC(C)N)cc1Br. The minimum Gasteiger partial charge on any atom is -0.491 e. The van der Waals surface area contributed by atoms with E-state index in [1.54, 1.807) is 6.20 Å². The first-order valence-electron chi connectivity index (χ1n) is 6.71. The van der Waals surface area contributed by atoms with Crippen LogP contribution in [-0.4, -0.2) is 22.2 Å². The summed E-state index contributed by atoms with van der Waals surface area (Å²) in [5.74, 6) is 1.86. The van der Waals surface area contributed by atoms with Gasteiger partial charge in [-0.3, -0.25) is 0 Å². The molecule has 1 aromatic carbocycles. The molecular formula is C15H20BrN3O. The van der Waals surface area contributed by atoms with Crippen molar-refractivity contribution < 1.29 is 4.74 Å². The molecule has 108 valence electrons. The van der Waals surface area contributed by atoms with Crippen molar-refractivity contribution in [3.63, 3.8) is 0 Å². The molecule has 0 saturated heterocycles. The van der Waals surface area contributed by atoms with Crippen molar-refractivity contribution >= 4 is 15.9 Å². The van der Waals surface area contributed by atoms with Gasteiger partial charge in [0.15, 0.2) is 0 Å². The van der Waals surface area contributed by atoms with E-state index in [0.717, 1.165) is 29.0 Å². The molecule has 0 amide bonds. The van der Waals surface area contributed by atoms with Crippen LogP contribution in [0.25, 0.3) is 0 Å². The molecule has 2 N–H and O–H groups in total. The average Bonchev–Trinajstić information content (AvgIpc) is 2.77. The maximum atomic E-state index is 5.81. The van der Waals surface area contributed by atoms with E-state index in [0.29, 0.717) is 6.61 Å². The zero-order chi connectivity index (χ0) is 14.5. The van der Waals surface area contributed by atoms with E-state index >= 15 is 0 Å². The minimum atomic E-state index is 0.165. The summed E-state index contributed by atoms with van der Waals surface area (Å²) in [6.45, 7) is 5.40. The Kier molecular flexibility index (Phi) is 5.20. The van der Waals surface area contributed by atoms with E-state index in [9.17, 15) is 0 Å². The van der Waals surface area contributed by atoms with E-state index in [2.05, 4.69) is 37.6 Å². The summed E-state index contributed by atoms with van der Waals surface area (Å²) >= 11 is 3.55. The van der Waals surface area contributed by atoms with Gasteiger partial charge in [-0.1, -0.05) is 6.07 Å². The van der Waals surface area contributed by atoms with E-state index in [4.69, 9.17) is 10.5 Å². The fraction of sp³-hybridized carbons (Fsp3) is 0.400. The number of imidazole rings is 1. The molecule has 0 aliphatic rings. The lowest BCUT2D eigenvalue weighted by Gasteiger charge is -2.11.